The number of rotatable bonds is 4. The van der Waals surface area contributed by atoms with E-state index in [0.717, 1.165) is 0 Å². The van der Waals surface area contributed by atoms with Crippen LogP contribution >= 0.6 is 11.6 Å². The molecule has 0 atom stereocenters. The van der Waals surface area contributed by atoms with Crippen LogP contribution in [0.2, 0.25) is 5.02 Å². The van der Waals surface area contributed by atoms with Crippen LogP contribution in [0.5, 0.6) is 0 Å². The van der Waals surface area contributed by atoms with E-state index < -0.39 is 11.4 Å². The molecule has 2 aromatic carbocycles. The Hall–Kier alpha value is -3.50. The average molecular weight is 382 g/mol. The first-order chi connectivity index (χ1) is 13.0. The fourth-order valence-corrected chi connectivity index (χ4v) is 2.53. The minimum Gasteiger partial charge on any atom is -0.290 e. The van der Waals surface area contributed by atoms with Crippen molar-refractivity contribution in [2.24, 2.45) is 5.10 Å². The maximum atomic E-state index is 13.9. The summed E-state index contributed by atoms with van der Waals surface area (Å²) in [5.41, 5.74) is 3.47. The summed E-state index contributed by atoms with van der Waals surface area (Å²) in [6.45, 7) is 1.70. The summed E-state index contributed by atoms with van der Waals surface area (Å²) in [4.78, 5) is 18.8. The van der Waals surface area contributed by atoms with E-state index in [1.165, 1.54) is 18.3 Å². The molecule has 0 saturated carbocycles. The lowest BCUT2D eigenvalue weighted by Gasteiger charge is -2.06. The molecule has 6 nitrogen and oxygen atoms in total. The van der Waals surface area contributed by atoms with Gasteiger partial charge in [0.15, 0.2) is 0 Å². The van der Waals surface area contributed by atoms with Gasteiger partial charge in [-0.1, -0.05) is 41.9 Å². The highest BCUT2D eigenvalue weighted by atomic mass is 35.5. The maximum absolute atomic E-state index is 13.9. The van der Waals surface area contributed by atoms with E-state index in [-0.39, 0.29) is 22.8 Å². The van der Waals surface area contributed by atoms with Crippen LogP contribution in [0.3, 0.4) is 0 Å². The Bertz CT molecular complexity index is 1120. The van der Waals surface area contributed by atoms with Crippen molar-refractivity contribution in [2.45, 2.75) is 6.92 Å². The molecular weight excluding hydrogens is 369 g/mol. The third kappa shape index (κ3) is 4.02. The topological polar surface area (TPSA) is 93.9 Å². The van der Waals surface area contributed by atoms with Crippen LogP contribution in [-0.4, -0.2) is 16.2 Å². The normalized spacial score (nSPS) is 10.7. The van der Waals surface area contributed by atoms with E-state index in [9.17, 15) is 14.4 Å². The van der Waals surface area contributed by atoms with Crippen LogP contribution in [0.1, 0.15) is 16.7 Å². The zero-order chi connectivity index (χ0) is 19.4. The highest BCUT2D eigenvalue weighted by Gasteiger charge is 2.13. The molecule has 134 valence electrons. The third-order valence-electron chi connectivity index (χ3n) is 3.73. The molecule has 0 radical (unpaired) electrons. The number of anilines is 1. The molecule has 0 aliphatic carbocycles. The van der Waals surface area contributed by atoms with Gasteiger partial charge in [0.2, 0.25) is 5.95 Å². The Balaban J connectivity index is 1.93. The Morgan fingerprint density at radius 3 is 2.78 bits per heavy atom. The van der Waals surface area contributed by atoms with Gasteiger partial charge in [0.25, 0.3) is 5.56 Å². The molecular formula is C19H13ClFN5O. The number of hydrogen-bond acceptors (Lipinski definition) is 5. The van der Waals surface area contributed by atoms with Crippen LogP contribution < -0.4 is 11.0 Å². The lowest BCUT2D eigenvalue weighted by atomic mass is 10.1. The van der Waals surface area contributed by atoms with Gasteiger partial charge in [-0.3, -0.25) is 9.78 Å². The average Bonchev–Trinajstić information content (AvgIpc) is 2.66. The van der Waals surface area contributed by atoms with Crippen molar-refractivity contribution in [3.8, 4) is 17.3 Å². The van der Waals surface area contributed by atoms with Gasteiger partial charge in [-0.25, -0.2) is 14.8 Å². The molecule has 0 fully saturated rings. The van der Waals surface area contributed by atoms with Gasteiger partial charge in [0, 0.05) is 16.1 Å². The number of nitriles is 1. The van der Waals surface area contributed by atoms with Crippen molar-refractivity contribution in [2.75, 3.05) is 5.43 Å². The quantitative estimate of drug-likeness (QED) is 0.530. The SMILES string of the molecule is Cc1cc(F)c(C=NNc2nc(-c3ccccc3)c(C#N)c(=O)[nH]2)cc1Cl. The molecule has 8 heteroatoms. The Labute approximate surface area is 159 Å². The van der Waals surface area contributed by atoms with Gasteiger partial charge in [-0.2, -0.15) is 10.4 Å². The lowest BCUT2D eigenvalue weighted by molar-refractivity contribution is 0.625. The van der Waals surface area contributed by atoms with Crippen molar-refractivity contribution in [3.05, 3.63) is 80.3 Å². The first-order valence-corrected chi connectivity index (χ1v) is 8.22. The van der Waals surface area contributed by atoms with E-state index in [2.05, 4.69) is 20.5 Å². The molecule has 0 spiro atoms. The summed E-state index contributed by atoms with van der Waals surface area (Å²) >= 11 is 5.99. The van der Waals surface area contributed by atoms with Crippen LogP contribution in [-0.2, 0) is 0 Å². The van der Waals surface area contributed by atoms with Gasteiger partial charge in [-0.15, -0.1) is 0 Å². The molecule has 1 heterocycles. The van der Waals surface area contributed by atoms with E-state index >= 15 is 0 Å². The van der Waals surface area contributed by atoms with E-state index in [1.54, 1.807) is 31.2 Å². The first-order valence-electron chi connectivity index (χ1n) is 7.84. The second-order valence-corrected chi connectivity index (χ2v) is 6.02. The standard InChI is InChI=1S/C19H13ClFN5O/c1-11-7-16(21)13(8-15(11)20)10-23-26-19-24-17(12-5-3-2-4-6-12)14(9-22)18(27)25-19/h2-8,10H,1H3,(H2,24,25,26,27). The lowest BCUT2D eigenvalue weighted by Crippen LogP contribution is -2.16. The summed E-state index contributed by atoms with van der Waals surface area (Å²) < 4.78 is 13.9. The van der Waals surface area contributed by atoms with E-state index in [1.807, 2.05) is 12.1 Å². The number of H-pyrrole nitrogens is 1. The molecule has 0 aliphatic rings. The van der Waals surface area contributed by atoms with Gasteiger partial charge in [-0.05, 0) is 24.6 Å². The molecule has 0 saturated heterocycles. The molecule has 0 bridgehead atoms. The highest BCUT2D eigenvalue weighted by molar-refractivity contribution is 6.31. The molecule has 1 aromatic heterocycles. The van der Waals surface area contributed by atoms with Crippen LogP contribution in [0.4, 0.5) is 10.3 Å². The number of aromatic nitrogens is 2. The summed E-state index contributed by atoms with van der Waals surface area (Å²) in [6.07, 6.45) is 1.22. The molecule has 27 heavy (non-hydrogen) atoms. The highest BCUT2D eigenvalue weighted by Crippen LogP contribution is 2.20. The van der Waals surface area contributed by atoms with Gasteiger partial charge in [0.05, 0.1) is 11.9 Å². The van der Waals surface area contributed by atoms with E-state index in [0.29, 0.717) is 16.1 Å². The van der Waals surface area contributed by atoms with Crippen molar-refractivity contribution in [1.82, 2.24) is 9.97 Å². The number of hydrazone groups is 1. The van der Waals surface area contributed by atoms with Crippen molar-refractivity contribution < 1.29 is 4.39 Å². The number of hydrogen-bond donors (Lipinski definition) is 2. The molecule has 0 amide bonds. The van der Waals surface area contributed by atoms with Gasteiger partial charge >= 0.3 is 0 Å². The van der Waals surface area contributed by atoms with Crippen LogP contribution in [0, 0.1) is 24.1 Å². The summed E-state index contributed by atoms with van der Waals surface area (Å²) in [5.74, 6) is -0.457. The Morgan fingerprint density at radius 1 is 1.33 bits per heavy atom. The fourth-order valence-electron chi connectivity index (χ4n) is 2.36. The molecule has 0 aliphatic heterocycles. The van der Waals surface area contributed by atoms with Crippen molar-refractivity contribution in [3.63, 3.8) is 0 Å². The van der Waals surface area contributed by atoms with Crippen LogP contribution in [0.25, 0.3) is 11.3 Å². The number of nitrogens with one attached hydrogen (secondary N) is 2. The third-order valence-corrected chi connectivity index (χ3v) is 4.14. The Kier molecular flexibility index (Phi) is 5.29. The second kappa shape index (κ2) is 7.81. The zero-order valence-corrected chi connectivity index (χ0v) is 14.9. The molecule has 2 N–H and O–H groups in total. The Morgan fingerprint density at radius 2 is 2.07 bits per heavy atom. The van der Waals surface area contributed by atoms with Gasteiger partial charge in [0.1, 0.15) is 17.4 Å². The summed E-state index contributed by atoms with van der Waals surface area (Å²) in [5, 5.41) is 13.5. The fraction of sp³-hybridized carbons (Fsp3) is 0.0526. The monoisotopic (exact) mass is 381 g/mol. The molecule has 3 rings (SSSR count). The minimum atomic E-state index is -0.603. The number of benzene rings is 2. The second-order valence-electron chi connectivity index (χ2n) is 5.61. The number of aryl methyl sites for hydroxylation is 1. The predicted octanol–water partition coefficient (Wildman–Crippen LogP) is 3.86. The largest absolute Gasteiger partial charge is 0.290 e. The van der Waals surface area contributed by atoms with Crippen molar-refractivity contribution in [1.29, 1.82) is 5.26 Å². The summed E-state index contributed by atoms with van der Waals surface area (Å²) in [7, 11) is 0. The zero-order valence-electron chi connectivity index (χ0n) is 14.1. The smallest absolute Gasteiger partial charge is 0.270 e. The maximum Gasteiger partial charge on any atom is 0.270 e. The van der Waals surface area contributed by atoms with E-state index in [4.69, 9.17) is 11.6 Å². The first kappa shape index (κ1) is 18.3. The number of nitrogens with zero attached hydrogens (tertiary/aromatic N) is 3. The summed E-state index contributed by atoms with van der Waals surface area (Å²) in [6, 6.07) is 13.4. The number of halogens is 2. The van der Waals surface area contributed by atoms with Crippen LogP contribution in [0.15, 0.2) is 52.4 Å². The molecule has 0 unspecified atom stereocenters. The van der Waals surface area contributed by atoms with Gasteiger partial charge < -0.3 is 0 Å². The minimum absolute atomic E-state index is 0.0210. The number of aromatic amines is 1. The van der Waals surface area contributed by atoms with Crippen molar-refractivity contribution >= 4 is 23.8 Å². The predicted molar refractivity (Wildman–Crippen MR) is 102 cm³/mol. The molecule has 3 aromatic rings.